The highest BCUT2D eigenvalue weighted by atomic mass is 16.3. The van der Waals surface area contributed by atoms with E-state index in [1.54, 1.807) is 0 Å². The average molecular weight is 196 g/mol. The molecule has 1 aromatic heterocycles. The minimum Gasteiger partial charge on any atom is -0.396 e. The fourth-order valence-electron chi connectivity index (χ4n) is 1.68. The molecule has 2 rings (SSSR count). The van der Waals surface area contributed by atoms with Crippen LogP contribution in [0.5, 0.6) is 0 Å². The number of hydrogen-bond acceptors (Lipinski definition) is 4. The van der Waals surface area contributed by atoms with E-state index >= 15 is 0 Å². The van der Waals surface area contributed by atoms with E-state index in [-0.39, 0.29) is 6.61 Å². The molecule has 0 unspecified atom stereocenters. The van der Waals surface area contributed by atoms with Crippen LogP contribution in [0.3, 0.4) is 0 Å². The van der Waals surface area contributed by atoms with Crippen LogP contribution in [-0.2, 0) is 6.54 Å². The minimum atomic E-state index is 0.222. The van der Waals surface area contributed by atoms with Crippen LogP contribution in [0, 0.1) is 6.92 Å². The highest BCUT2D eigenvalue weighted by Gasteiger charge is 2.24. The SMILES string of the molecule is Cc1nnc(C2CNC2)n1CCCO. The maximum atomic E-state index is 8.79. The number of aromatic nitrogens is 3. The van der Waals surface area contributed by atoms with E-state index in [4.69, 9.17) is 5.11 Å². The topological polar surface area (TPSA) is 63.0 Å². The lowest BCUT2D eigenvalue weighted by molar-refractivity contribution is 0.277. The zero-order valence-corrected chi connectivity index (χ0v) is 8.40. The van der Waals surface area contributed by atoms with Gasteiger partial charge in [-0.15, -0.1) is 10.2 Å². The largest absolute Gasteiger partial charge is 0.396 e. The first-order valence-corrected chi connectivity index (χ1v) is 5.04. The van der Waals surface area contributed by atoms with E-state index in [2.05, 4.69) is 20.1 Å². The molecule has 1 saturated heterocycles. The Bertz CT molecular complexity index is 306. The summed E-state index contributed by atoms with van der Waals surface area (Å²) in [4.78, 5) is 0. The van der Waals surface area contributed by atoms with Crippen molar-refractivity contribution >= 4 is 0 Å². The van der Waals surface area contributed by atoms with Gasteiger partial charge in [0.25, 0.3) is 0 Å². The number of aliphatic hydroxyl groups is 1. The van der Waals surface area contributed by atoms with Gasteiger partial charge in [0.1, 0.15) is 11.6 Å². The van der Waals surface area contributed by atoms with Gasteiger partial charge in [-0.1, -0.05) is 0 Å². The van der Waals surface area contributed by atoms with Crippen molar-refractivity contribution in [3.8, 4) is 0 Å². The third kappa shape index (κ3) is 1.65. The molecule has 1 aliphatic rings. The smallest absolute Gasteiger partial charge is 0.138 e. The van der Waals surface area contributed by atoms with E-state index in [0.717, 1.165) is 37.7 Å². The summed E-state index contributed by atoms with van der Waals surface area (Å²) < 4.78 is 2.11. The lowest BCUT2D eigenvalue weighted by Gasteiger charge is -2.26. The summed E-state index contributed by atoms with van der Waals surface area (Å²) in [5, 5.41) is 20.3. The second-order valence-corrected chi connectivity index (χ2v) is 3.69. The summed E-state index contributed by atoms with van der Waals surface area (Å²) in [6, 6.07) is 0. The van der Waals surface area contributed by atoms with Gasteiger partial charge < -0.3 is 15.0 Å². The van der Waals surface area contributed by atoms with Crippen molar-refractivity contribution in [2.45, 2.75) is 25.8 Å². The molecule has 0 bridgehead atoms. The molecule has 0 radical (unpaired) electrons. The molecule has 1 aliphatic heterocycles. The zero-order valence-electron chi connectivity index (χ0n) is 8.40. The van der Waals surface area contributed by atoms with E-state index in [0.29, 0.717) is 5.92 Å². The van der Waals surface area contributed by atoms with Gasteiger partial charge in [-0.2, -0.15) is 0 Å². The third-order valence-electron chi connectivity index (χ3n) is 2.65. The zero-order chi connectivity index (χ0) is 9.97. The predicted octanol–water partition coefficient (Wildman–Crippen LogP) is -0.344. The van der Waals surface area contributed by atoms with Crippen LogP contribution in [0.4, 0.5) is 0 Å². The molecule has 5 heteroatoms. The van der Waals surface area contributed by atoms with E-state index in [9.17, 15) is 0 Å². The Morgan fingerprint density at radius 1 is 1.50 bits per heavy atom. The van der Waals surface area contributed by atoms with E-state index in [1.165, 1.54) is 0 Å². The molecule has 2 N–H and O–H groups in total. The van der Waals surface area contributed by atoms with Gasteiger partial charge >= 0.3 is 0 Å². The maximum absolute atomic E-state index is 8.79. The first-order chi connectivity index (χ1) is 6.83. The second-order valence-electron chi connectivity index (χ2n) is 3.69. The van der Waals surface area contributed by atoms with Crippen molar-refractivity contribution in [2.75, 3.05) is 19.7 Å². The quantitative estimate of drug-likeness (QED) is 0.691. The lowest BCUT2D eigenvalue weighted by Crippen LogP contribution is -2.41. The lowest BCUT2D eigenvalue weighted by atomic mass is 10.0. The number of hydrogen-bond donors (Lipinski definition) is 2. The van der Waals surface area contributed by atoms with Gasteiger partial charge in [-0.3, -0.25) is 0 Å². The fraction of sp³-hybridized carbons (Fsp3) is 0.778. The number of nitrogens with zero attached hydrogens (tertiary/aromatic N) is 3. The molecule has 0 atom stereocenters. The van der Waals surface area contributed by atoms with Crippen molar-refractivity contribution in [1.82, 2.24) is 20.1 Å². The molecule has 0 aliphatic carbocycles. The molecule has 0 amide bonds. The molecule has 1 aromatic rings. The summed E-state index contributed by atoms with van der Waals surface area (Å²) in [6.45, 7) is 5.00. The molecular weight excluding hydrogens is 180 g/mol. The number of nitrogens with one attached hydrogen (secondary N) is 1. The van der Waals surface area contributed by atoms with Crippen molar-refractivity contribution in [3.05, 3.63) is 11.6 Å². The Labute approximate surface area is 83.2 Å². The molecule has 0 aromatic carbocycles. The van der Waals surface area contributed by atoms with E-state index in [1.807, 2.05) is 6.92 Å². The van der Waals surface area contributed by atoms with Gasteiger partial charge in [-0.25, -0.2) is 0 Å². The van der Waals surface area contributed by atoms with Crippen molar-refractivity contribution < 1.29 is 5.11 Å². The minimum absolute atomic E-state index is 0.222. The summed E-state index contributed by atoms with van der Waals surface area (Å²) >= 11 is 0. The van der Waals surface area contributed by atoms with Crippen molar-refractivity contribution in [3.63, 3.8) is 0 Å². The van der Waals surface area contributed by atoms with Gasteiger partial charge in [0.2, 0.25) is 0 Å². The normalized spacial score (nSPS) is 17.0. The monoisotopic (exact) mass is 196 g/mol. The molecule has 1 fully saturated rings. The Kier molecular flexibility index (Phi) is 2.79. The Hall–Kier alpha value is -0.940. The summed E-state index contributed by atoms with van der Waals surface area (Å²) in [5.74, 6) is 2.52. The highest BCUT2D eigenvalue weighted by Crippen LogP contribution is 2.18. The summed E-state index contributed by atoms with van der Waals surface area (Å²) in [5.41, 5.74) is 0. The van der Waals surface area contributed by atoms with Crippen LogP contribution < -0.4 is 5.32 Å². The van der Waals surface area contributed by atoms with Gasteiger partial charge in [-0.05, 0) is 13.3 Å². The Balaban J connectivity index is 2.12. The van der Waals surface area contributed by atoms with Gasteiger partial charge in [0.15, 0.2) is 0 Å². The predicted molar refractivity (Wildman–Crippen MR) is 52.1 cm³/mol. The van der Waals surface area contributed by atoms with Crippen LogP contribution in [-0.4, -0.2) is 39.6 Å². The van der Waals surface area contributed by atoms with Crippen LogP contribution in [0.2, 0.25) is 0 Å². The number of aryl methyl sites for hydroxylation is 1. The van der Waals surface area contributed by atoms with Crippen LogP contribution in [0.25, 0.3) is 0 Å². The van der Waals surface area contributed by atoms with Crippen LogP contribution >= 0.6 is 0 Å². The summed E-state index contributed by atoms with van der Waals surface area (Å²) in [6.07, 6.45) is 0.770. The summed E-state index contributed by atoms with van der Waals surface area (Å²) in [7, 11) is 0. The van der Waals surface area contributed by atoms with Gasteiger partial charge in [0, 0.05) is 32.2 Å². The van der Waals surface area contributed by atoms with E-state index < -0.39 is 0 Å². The second kappa shape index (κ2) is 4.06. The standard InChI is InChI=1S/C9H16N4O/c1-7-11-12-9(8-5-10-6-8)13(7)3-2-4-14/h8,10,14H,2-6H2,1H3. The number of rotatable bonds is 4. The molecule has 14 heavy (non-hydrogen) atoms. The molecule has 5 nitrogen and oxygen atoms in total. The Morgan fingerprint density at radius 3 is 2.86 bits per heavy atom. The molecule has 0 saturated carbocycles. The van der Waals surface area contributed by atoms with Gasteiger partial charge in [0.05, 0.1) is 0 Å². The Morgan fingerprint density at radius 2 is 2.29 bits per heavy atom. The molecule has 78 valence electrons. The third-order valence-corrected chi connectivity index (χ3v) is 2.65. The molecular formula is C9H16N4O. The highest BCUT2D eigenvalue weighted by molar-refractivity contribution is 5.06. The average Bonchev–Trinajstić information content (AvgIpc) is 2.42. The maximum Gasteiger partial charge on any atom is 0.138 e. The van der Waals surface area contributed by atoms with Crippen molar-refractivity contribution in [2.24, 2.45) is 0 Å². The fourth-order valence-corrected chi connectivity index (χ4v) is 1.68. The number of aliphatic hydroxyl groups excluding tert-OH is 1. The van der Waals surface area contributed by atoms with Crippen molar-refractivity contribution in [1.29, 1.82) is 0 Å². The van der Waals surface area contributed by atoms with Crippen LogP contribution in [0.15, 0.2) is 0 Å². The first kappa shape index (κ1) is 9.61. The van der Waals surface area contributed by atoms with Crippen LogP contribution in [0.1, 0.15) is 24.0 Å². The molecule has 2 heterocycles. The molecule has 0 spiro atoms. The first-order valence-electron chi connectivity index (χ1n) is 5.04.